The van der Waals surface area contributed by atoms with Gasteiger partial charge in [-0.2, -0.15) is 12.6 Å². The van der Waals surface area contributed by atoms with Crippen LogP contribution in [-0.2, 0) is 4.79 Å². The Morgan fingerprint density at radius 3 is 2.70 bits per heavy atom. The Morgan fingerprint density at radius 1 is 1.70 bits per heavy atom. The van der Waals surface area contributed by atoms with Crippen LogP contribution in [0.15, 0.2) is 4.99 Å². The third-order valence-corrected chi connectivity index (χ3v) is 1.07. The second-order valence-electron chi connectivity index (χ2n) is 2.39. The molecule has 10 heavy (non-hydrogen) atoms. The summed E-state index contributed by atoms with van der Waals surface area (Å²) in [6, 6.07) is 0. The second kappa shape index (κ2) is 5.47. The molecule has 0 rings (SSSR count). The number of rotatable bonds is 3. The van der Waals surface area contributed by atoms with Crippen LogP contribution in [0.4, 0.5) is 0 Å². The van der Waals surface area contributed by atoms with Crippen molar-refractivity contribution in [2.45, 2.75) is 20.3 Å². The summed E-state index contributed by atoms with van der Waals surface area (Å²) >= 11 is 3.91. The number of aliphatic imine (C=N–C) groups is 1. The highest BCUT2D eigenvalue weighted by Crippen LogP contribution is 1.90. The largest absolute Gasteiger partial charge is 0.273 e. The molecule has 0 heterocycles. The zero-order valence-electron chi connectivity index (χ0n) is 6.37. The van der Waals surface area contributed by atoms with Gasteiger partial charge in [-0.1, -0.05) is 13.8 Å². The van der Waals surface area contributed by atoms with Crippen LogP contribution in [0.2, 0.25) is 0 Å². The zero-order valence-corrected chi connectivity index (χ0v) is 7.27. The number of nitrogens with zero attached hydrogens (tertiary/aromatic N) is 1. The summed E-state index contributed by atoms with van der Waals surface area (Å²) in [7, 11) is 0. The summed E-state index contributed by atoms with van der Waals surface area (Å²) in [4.78, 5) is 14.4. The molecule has 2 nitrogen and oxygen atoms in total. The highest BCUT2D eigenvalue weighted by atomic mass is 32.1. The van der Waals surface area contributed by atoms with Gasteiger partial charge in [-0.05, 0) is 11.7 Å². The van der Waals surface area contributed by atoms with Crippen molar-refractivity contribution in [3.05, 3.63) is 0 Å². The van der Waals surface area contributed by atoms with Crippen LogP contribution < -0.4 is 0 Å². The normalized spacial score (nSPS) is 11.2. The van der Waals surface area contributed by atoms with Crippen molar-refractivity contribution >= 4 is 24.8 Å². The van der Waals surface area contributed by atoms with Crippen LogP contribution in [0.3, 0.4) is 0 Å². The molecule has 0 spiro atoms. The average Bonchev–Trinajstić information content (AvgIpc) is 1.85. The summed E-state index contributed by atoms with van der Waals surface area (Å²) in [5.41, 5.74) is 0. The van der Waals surface area contributed by atoms with Gasteiger partial charge in [0.1, 0.15) is 0 Å². The van der Waals surface area contributed by atoms with E-state index in [1.165, 1.54) is 0 Å². The molecule has 0 aromatic carbocycles. The predicted molar refractivity (Wildman–Crippen MR) is 46.8 cm³/mol. The molecule has 0 saturated heterocycles. The molecule has 3 heteroatoms. The lowest BCUT2D eigenvalue weighted by Gasteiger charge is -1.91. The van der Waals surface area contributed by atoms with E-state index < -0.39 is 0 Å². The first-order chi connectivity index (χ1) is 4.66. The van der Waals surface area contributed by atoms with Gasteiger partial charge in [0, 0.05) is 12.6 Å². The van der Waals surface area contributed by atoms with Gasteiger partial charge in [-0.15, -0.1) is 0 Å². The number of carbonyl (C=O) groups is 1. The van der Waals surface area contributed by atoms with E-state index in [2.05, 4.69) is 17.6 Å². The van der Waals surface area contributed by atoms with Gasteiger partial charge < -0.3 is 0 Å². The molecule has 0 aliphatic heterocycles. The zero-order chi connectivity index (χ0) is 7.98. The molecule has 0 atom stereocenters. The molecule has 0 saturated carbocycles. The summed E-state index contributed by atoms with van der Waals surface area (Å²) in [5.74, 6) is 0.849. The maximum Gasteiger partial charge on any atom is 0.246 e. The Hall–Kier alpha value is -0.310. The predicted octanol–water partition coefficient (Wildman–Crippen LogP) is 1.56. The van der Waals surface area contributed by atoms with E-state index in [0.717, 1.165) is 0 Å². The lowest BCUT2D eigenvalue weighted by molar-refractivity contribution is -0.117. The van der Waals surface area contributed by atoms with E-state index in [4.69, 9.17) is 0 Å². The molecule has 0 aromatic heterocycles. The van der Waals surface area contributed by atoms with Crippen LogP contribution in [0.25, 0.3) is 0 Å². The Bertz CT molecular complexity index is 132. The van der Waals surface area contributed by atoms with Gasteiger partial charge in [0.05, 0.1) is 0 Å². The molecular weight excluding hydrogens is 146 g/mol. The minimum absolute atomic E-state index is 0.0799. The fraction of sp³-hybridized carbons (Fsp3) is 0.714. The van der Waals surface area contributed by atoms with Crippen molar-refractivity contribution in [2.24, 2.45) is 10.9 Å². The number of thiol groups is 1. The molecular formula is C7H13NOS. The third-order valence-electron chi connectivity index (χ3n) is 0.842. The summed E-state index contributed by atoms with van der Waals surface area (Å²) in [6.45, 7) is 3.97. The van der Waals surface area contributed by atoms with E-state index in [1.54, 1.807) is 6.21 Å². The van der Waals surface area contributed by atoms with Crippen LogP contribution in [0.1, 0.15) is 20.3 Å². The van der Waals surface area contributed by atoms with Gasteiger partial charge >= 0.3 is 0 Å². The molecule has 0 radical (unpaired) electrons. The van der Waals surface area contributed by atoms with E-state index in [0.29, 0.717) is 18.1 Å². The lowest BCUT2D eigenvalue weighted by atomic mass is 10.2. The van der Waals surface area contributed by atoms with Crippen molar-refractivity contribution in [3.63, 3.8) is 0 Å². The molecule has 0 N–H and O–H groups in total. The smallest absolute Gasteiger partial charge is 0.246 e. The second-order valence-corrected chi connectivity index (χ2v) is 2.84. The van der Waals surface area contributed by atoms with Gasteiger partial charge in [0.2, 0.25) is 5.91 Å². The molecule has 0 aliphatic rings. The fourth-order valence-corrected chi connectivity index (χ4v) is 0.584. The maximum atomic E-state index is 10.7. The number of hydrogen-bond acceptors (Lipinski definition) is 2. The van der Waals surface area contributed by atoms with Crippen molar-refractivity contribution in [2.75, 3.05) is 5.75 Å². The molecule has 0 unspecified atom stereocenters. The number of hydrogen-bond donors (Lipinski definition) is 1. The van der Waals surface area contributed by atoms with Gasteiger partial charge in [-0.3, -0.25) is 4.79 Å². The Labute approximate surface area is 67.1 Å². The first-order valence-electron chi connectivity index (χ1n) is 3.34. The monoisotopic (exact) mass is 159 g/mol. The van der Waals surface area contributed by atoms with Crippen LogP contribution >= 0.6 is 12.6 Å². The first-order valence-corrected chi connectivity index (χ1v) is 3.98. The van der Waals surface area contributed by atoms with Crippen LogP contribution in [0, 0.1) is 5.92 Å². The van der Waals surface area contributed by atoms with Crippen molar-refractivity contribution in [3.8, 4) is 0 Å². The standard InChI is InChI=1S/C7H13NOS/c1-6(2)5-8-7(9)3-4-10/h5-6,10H,3-4H2,1-2H3. The number of carbonyl (C=O) groups excluding carboxylic acids is 1. The topological polar surface area (TPSA) is 29.4 Å². The molecule has 0 fully saturated rings. The summed E-state index contributed by atoms with van der Waals surface area (Å²) in [6.07, 6.45) is 2.10. The fourth-order valence-electron chi connectivity index (χ4n) is 0.392. The van der Waals surface area contributed by atoms with E-state index in [9.17, 15) is 4.79 Å². The molecule has 0 aromatic rings. The Morgan fingerprint density at radius 2 is 2.30 bits per heavy atom. The Kier molecular flexibility index (Phi) is 5.30. The molecule has 1 amide bonds. The van der Waals surface area contributed by atoms with Crippen molar-refractivity contribution in [1.82, 2.24) is 0 Å². The van der Waals surface area contributed by atoms with E-state index in [-0.39, 0.29) is 5.91 Å². The van der Waals surface area contributed by atoms with Crippen molar-refractivity contribution < 1.29 is 4.79 Å². The molecule has 0 bridgehead atoms. The van der Waals surface area contributed by atoms with Crippen LogP contribution in [-0.4, -0.2) is 17.9 Å². The van der Waals surface area contributed by atoms with Gasteiger partial charge in [0.15, 0.2) is 0 Å². The molecule has 58 valence electrons. The van der Waals surface area contributed by atoms with Gasteiger partial charge in [0.25, 0.3) is 0 Å². The minimum Gasteiger partial charge on any atom is -0.273 e. The summed E-state index contributed by atoms with van der Waals surface area (Å²) in [5, 5.41) is 0. The minimum atomic E-state index is -0.0799. The van der Waals surface area contributed by atoms with E-state index >= 15 is 0 Å². The number of amides is 1. The lowest BCUT2D eigenvalue weighted by Crippen LogP contribution is -1.97. The van der Waals surface area contributed by atoms with E-state index in [1.807, 2.05) is 13.8 Å². The quantitative estimate of drug-likeness (QED) is 0.491. The highest BCUT2D eigenvalue weighted by molar-refractivity contribution is 7.80. The average molecular weight is 159 g/mol. The maximum absolute atomic E-state index is 10.7. The summed E-state index contributed by atoms with van der Waals surface area (Å²) < 4.78 is 0. The Balaban J connectivity index is 3.56. The van der Waals surface area contributed by atoms with Gasteiger partial charge in [-0.25, -0.2) is 4.99 Å². The third kappa shape index (κ3) is 5.82. The van der Waals surface area contributed by atoms with Crippen LogP contribution in [0.5, 0.6) is 0 Å². The van der Waals surface area contributed by atoms with Crippen molar-refractivity contribution in [1.29, 1.82) is 0 Å². The highest BCUT2D eigenvalue weighted by Gasteiger charge is 1.94. The molecule has 0 aliphatic carbocycles. The first kappa shape index (κ1) is 9.69. The SMILES string of the molecule is CC(C)C=NC(=O)CCS.